The van der Waals surface area contributed by atoms with Crippen LogP contribution in [0.2, 0.25) is 0 Å². The summed E-state index contributed by atoms with van der Waals surface area (Å²) < 4.78 is 1.97. The lowest BCUT2D eigenvalue weighted by Gasteiger charge is -2.07. The molecule has 0 spiro atoms. The van der Waals surface area contributed by atoms with E-state index >= 15 is 0 Å². The number of aryl methyl sites for hydroxylation is 1. The SMILES string of the molecule is CCCNc1cncc(-c2ccnn2CCC)n1. The Morgan fingerprint density at radius 3 is 2.89 bits per heavy atom. The van der Waals surface area contributed by atoms with Crippen molar-refractivity contribution in [2.75, 3.05) is 11.9 Å². The third kappa shape index (κ3) is 2.85. The molecule has 5 nitrogen and oxygen atoms in total. The minimum Gasteiger partial charge on any atom is -0.369 e. The molecule has 2 aromatic heterocycles. The van der Waals surface area contributed by atoms with Crippen molar-refractivity contribution in [1.29, 1.82) is 0 Å². The lowest BCUT2D eigenvalue weighted by Crippen LogP contribution is -2.05. The Balaban J connectivity index is 2.24. The maximum Gasteiger partial charge on any atom is 0.145 e. The molecule has 0 amide bonds. The monoisotopic (exact) mass is 245 g/mol. The summed E-state index contributed by atoms with van der Waals surface area (Å²) in [6.45, 7) is 6.07. The zero-order valence-electron chi connectivity index (χ0n) is 10.9. The molecular weight excluding hydrogens is 226 g/mol. The van der Waals surface area contributed by atoms with Gasteiger partial charge in [-0.1, -0.05) is 13.8 Å². The molecular formula is C13H19N5. The Kier molecular flexibility index (Phi) is 4.28. The molecule has 0 aliphatic carbocycles. The topological polar surface area (TPSA) is 55.6 Å². The summed E-state index contributed by atoms with van der Waals surface area (Å²) in [4.78, 5) is 8.79. The van der Waals surface area contributed by atoms with Gasteiger partial charge in [0, 0.05) is 19.3 Å². The molecule has 0 aliphatic rings. The fraction of sp³-hybridized carbons (Fsp3) is 0.462. The van der Waals surface area contributed by atoms with Crippen LogP contribution in [-0.4, -0.2) is 26.3 Å². The number of nitrogens with one attached hydrogen (secondary N) is 1. The highest BCUT2D eigenvalue weighted by Crippen LogP contribution is 2.17. The van der Waals surface area contributed by atoms with Gasteiger partial charge in [-0.3, -0.25) is 9.67 Å². The summed E-state index contributed by atoms with van der Waals surface area (Å²) in [5.41, 5.74) is 1.88. The average Bonchev–Trinajstić information content (AvgIpc) is 2.85. The third-order valence-electron chi connectivity index (χ3n) is 2.61. The maximum atomic E-state index is 4.56. The Morgan fingerprint density at radius 2 is 2.11 bits per heavy atom. The van der Waals surface area contributed by atoms with Crippen molar-refractivity contribution in [3.8, 4) is 11.4 Å². The van der Waals surface area contributed by atoms with Crippen molar-refractivity contribution in [2.45, 2.75) is 33.2 Å². The maximum absolute atomic E-state index is 4.56. The lowest BCUT2D eigenvalue weighted by molar-refractivity contribution is 0.608. The Labute approximate surface area is 107 Å². The first-order valence-corrected chi connectivity index (χ1v) is 6.43. The van der Waals surface area contributed by atoms with Gasteiger partial charge in [-0.2, -0.15) is 5.10 Å². The van der Waals surface area contributed by atoms with Crippen LogP contribution in [0.15, 0.2) is 24.7 Å². The molecule has 18 heavy (non-hydrogen) atoms. The fourth-order valence-corrected chi connectivity index (χ4v) is 1.77. The molecule has 0 radical (unpaired) electrons. The fourth-order valence-electron chi connectivity index (χ4n) is 1.77. The van der Waals surface area contributed by atoms with Gasteiger partial charge in [0.05, 0.1) is 18.1 Å². The van der Waals surface area contributed by atoms with Crippen LogP contribution in [0.3, 0.4) is 0 Å². The van der Waals surface area contributed by atoms with Gasteiger partial charge in [-0.15, -0.1) is 0 Å². The number of aromatic nitrogens is 4. The van der Waals surface area contributed by atoms with E-state index in [9.17, 15) is 0 Å². The minimum absolute atomic E-state index is 0.818. The van der Waals surface area contributed by atoms with Crippen molar-refractivity contribution in [3.05, 3.63) is 24.7 Å². The number of hydrogen-bond donors (Lipinski definition) is 1. The van der Waals surface area contributed by atoms with E-state index in [-0.39, 0.29) is 0 Å². The molecule has 0 saturated carbocycles. The van der Waals surface area contributed by atoms with Gasteiger partial charge in [0.2, 0.25) is 0 Å². The minimum atomic E-state index is 0.818. The first-order chi connectivity index (χ1) is 8.85. The molecule has 2 heterocycles. The van der Waals surface area contributed by atoms with E-state index in [1.807, 2.05) is 10.7 Å². The smallest absolute Gasteiger partial charge is 0.145 e. The van der Waals surface area contributed by atoms with Gasteiger partial charge in [-0.05, 0) is 18.9 Å². The molecule has 0 aromatic carbocycles. The summed E-state index contributed by atoms with van der Waals surface area (Å²) in [6.07, 6.45) is 7.45. The van der Waals surface area contributed by atoms with E-state index in [1.54, 1.807) is 18.6 Å². The van der Waals surface area contributed by atoms with Crippen LogP contribution in [0.25, 0.3) is 11.4 Å². The second-order valence-corrected chi connectivity index (χ2v) is 4.16. The molecule has 0 saturated heterocycles. The highest BCUT2D eigenvalue weighted by Gasteiger charge is 2.07. The summed E-state index contributed by atoms with van der Waals surface area (Å²) in [6, 6.07) is 1.98. The predicted octanol–water partition coefficient (Wildman–Crippen LogP) is 2.57. The van der Waals surface area contributed by atoms with Gasteiger partial charge in [-0.25, -0.2) is 4.98 Å². The summed E-state index contributed by atoms with van der Waals surface area (Å²) >= 11 is 0. The molecule has 0 aliphatic heterocycles. The van der Waals surface area contributed by atoms with E-state index in [1.165, 1.54) is 0 Å². The largest absolute Gasteiger partial charge is 0.369 e. The van der Waals surface area contributed by atoms with Gasteiger partial charge >= 0.3 is 0 Å². The quantitative estimate of drug-likeness (QED) is 0.849. The van der Waals surface area contributed by atoms with Crippen molar-refractivity contribution < 1.29 is 0 Å². The van der Waals surface area contributed by atoms with Gasteiger partial charge in [0.1, 0.15) is 11.5 Å². The second kappa shape index (κ2) is 6.14. The van der Waals surface area contributed by atoms with Crippen LogP contribution < -0.4 is 5.32 Å². The van der Waals surface area contributed by atoms with E-state index in [0.29, 0.717) is 0 Å². The van der Waals surface area contributed by atoms with E-state index in [4.69, 9.17) is 0 Å². The standard InChI is InChI=1S/C13H19N5/c1-3-6-15-13-10-14-9-11(17-13)12-5-7-16-18(12)8-4-2/h5,7,9-10H,3-4,6,8H2,1-2H3,(H,15,17). The summed E-state index contributed by atoms with van der Waals surface area (Å²) in [5.74, 6) is 0.818. The summed E-state index contributed by atoms with van der Waals surface area (Å²) in [7, 11) is 0. The van der Waals surface area contributed by atoms with Crippen molar-refractivity contribution in [3.63, 3.8) is 0 Å². The molecule has 5 heteroatoms. The Bertz CT molecular complexity index is 492. The lowest BCUT2D eigenvalue weighted by atomic mass is 10.3. The molecule has 0 unspecified atom stereocenters. The molecule has 96 valence electrons. The zero-order valence-corrected chi connectivity index (χ0v) is 10.9. The highest BCUT2D eigenvalue weighted by molar-refractivity contribution is 5.55. The number of anilines is 1. The van der Waals surface area contributed by atoms with E-state index in [2.05, 4.69) is 34.2 Å². The first-order valence-electron chi connectivity index (χ1n) is 6.43. The number of hydrogen-bond acceptors (Lipinski definition) is 4. The molecule has 0 fully saturated rings. The predicted molar refractivity (Wildman–Crippen MR) is 72.3 cm³/mol. The van der Waals surface area contributed by atoms with Crippen LogP contribution >= 0.6 is 0 Å². The van der Waals surface area contributed by atoms with Gasteiger partial charge in [0.15, 0.2) is 0 Å². The normalized spacial score (nSPS) is 10.6. The van der Waals surface area contributed by atoms with Crippen LogP contribution in [0.5, 0.6) is 0 Å². The number of nitrogens with zero attached hydrogens (tertiary/aromatic N) is 4. The van der Waals surface area contributed by atoms with Gasteiger partial charge in [0.25, 0.3) is 0 Å². The third-order valence-corrected chi connectivity index (χ3v) is 2.61. The van der Waals surface area contributed by atoms with Crippen LogP contribution in [-0.2, 0) is 6.54 Å². The Hall–Kier alpha value is -1.91. The Morgan fingerprint density at radius 1 is 1.22 bits per heavy atom. The van der Waals surface area contributed by atoms with Crippen molar-refractivity contribution in [2.24, 2.45) is 0 Å². The highest BCUT2D eigenvalue weighted by atomic mass is 15.3. The van der Waals surface area contributed by atoms with E-state index in [0.717, 1.165) is 43.1 Å². The zero-order chi connectivity index (χ0) is 12.8. The van der Waals surface area contributed by atoms with Crippen molar-refractivity contribution >= 4 is 5.82 Å². The van der Waals surface area contributed by atoms with Crippen LogP contribution in [0, 0.1) is 0 Å². The van der Waals surface area contributed by atoms with E-state index < -0.39 is 0 Å². The molecule has 2 rings (SSSR count). The molecule has 1 N–H and O–H groups in total. The molecule has 0 atom stereocenters. The van der Waals surface area contributed by atoms with Crippen molar-refractivity contribution in [1.82, 2.24) is 19.7 Å². The molecule has 2 aromatic rings. The number of rotatable bonds is 6. The second-order valence-electron chi connectivity index (χ2n) is 4.16. The molecule has 0 bridgehead atoms. The first kappa shape index (κ1) is 12.5. The van der Waals surface area contributed by atoms with Crippen LogP contribution in [0.4, 0.5) is 5.82 Å². The summed E-state index contributed by atoms with van der Waals surface area (Å²) in [5, 5.41) is 7.55. The average molecular weight is 245 g/mol. The van der Waals surface area contributed by atoms with Crippen LogP contribution in [0.1, 0.15) is 26.7 Å². The van der Waals surface area contributed by atoms with Gasteiger partial charge < -0.3 is 5.32 Å².